The summed E-state index contributed by atoms with van der Waals surface area (Å²) in [4.78, 5) is 11.4. The summed E-state index contributed by atoms with van der Waals surface area (Å²) >= 11 is 0. The Balaban J connectivity index is 4.57. The zero-order valence-corrected chi connectivity index (χ0v) is 9.33. The van der Waals surface area contributed by atoms with Crippen LogP contribution in [0.3, 0.4) is 0 Å². The number of methoxy groups -OCH3 is 1. The van der Waals surface area contributed by atoms with Gasteiger partial charge in [0.25, 0.3) is 0 Å². The van der Waals surface area contributed by atoms with Gasteiger partial charge in [-0.1, -0.05) is 26.0 Å². The van der Waals surface area contributed by atoms with E-state index < -0.39 is 0 Å². The van der Waals surface area contributed by atoms with Crippen LogP contribution in [0.25, 0.3) is 0 Å². The van der Waals surface area contributed by atoms with Crippen LogP contribution in [-0.2, 0) is 9.53 Å². The van der Waals surface area contributed by atoms with Crippen molar-refractivity contribution in [3.63, 3.8) is 0 Å². The standard InChI is InChI=1S/C11H19NO2/c1-5-6-10(11(13)14-4)9(2)7-8-12-3/h6-9,12H,5H2,1-4H3/b8-7-,10-6+. The van der Waals surface area contributed by atoms with Gasteiger partial charge < -0.3 is 10.1 Å². The Kier molecular flexibility index (Phi) is 6.54. The quantitative estimate of drug-likeness (QED) is 0.540. The van der Waals surface area contributed by atoms with Crippen molar-refractivity contribution < 1.29 is 9.53 Å². The number of carbonyl (C=O) groups is 1. The van der Waals surface area contributed by atoms with E-state index in [-0.39, 0.29) is 11.9 Å². The maximum absolute atomic E-state index is 11.4. The number of allylic oxidation sites excluding steroid dienone is 2. The minimum Gasteiger partial charge on any atom is -0.466 e. The lowest BCUT2D eigenvalue weighted by molar-refractivity contribution is -0.136. The normalized spacial score (nSPS) is 14.1. The lowest BCUT2D eigenvalue weighted by Crippen LogP contribution is -2.11. The third kappa shape index (κ3) is 4.12. The van der Waals surface area contributed by atoms with E-state index in [0.29, 0.717) is 5.57 Å². The van der Waals surface area contributed by atoms with Gasteiger partial charge in [-0.05, 0) is 12.6 Å². The molecule has 0 saturated carbocycles. The molecule has 0 amide bonds. The Morgan fingerprint density at radius 2 is 2.21 bits per heavy atom. The van der Waals surface area contributed by atoms with E-state index in [1.54, 1.807) is 0 Å². The lowest BCUT2D eigenvalue weighted by atomic mass is 10.0. The third-order valence-corrected chi connectivity index (χ3v) is 1.89. The first-order chi connectivity index (χ1) is 6.67. The lowest BCUT2D eigenvalue weighted by Gasteiger charge is -2.09. The van der Waals surface area contributed by atoms with Crippen LogP contribution in [0.2, 0.25) is 0 Å². The number of hydrogen-bond acceptors (Lipinski definition) is 3. The number of ether oxygens (including phenoxy) is 1. The molecule has 14 heavy (non-hydrogen) atoms. The van der Waals surface area contributed by atoms with Crippen molar-refractivity contribution in [1.82, 2.24) is 5.32 Å². The summed E-state index contributed by atoms with van der Waals surface area (Å²) in [6.07, 6.45) is 6.48. The van der Waals surface area contributed by atoms with Crippen LogP contribution < -0.4 is 5.32 Å². The maximum atomic E-state index is 11.4. The maximum Gasteiger partial charge on any atom is 0.333 e. The zero-order chi connectivity index (χ0) is 11.0. The summed E-state index contributed by atoms with van der Waals surface area (Å²) in [5, 5.41) is 2.89. The molecule has 1 atom stereocenters. The van der Waals surface area contributed by atoms with Crippen LogP contribution in [-0.4, -0.2) is 20.1 Å². The molecule has 0 aromatic rings. The summed E-state index contributed by atoms with van der Waals surface area (Å²) in [7, 11) is 3.23. The van der Waals surface area contributed by atoms with E-state index in [1.165, 1.54) is 7.11 Å². The smallest absolute Gasteiger partial charge is 0.333 e. The Morgan fingerprint density at radius 3 is 2.64 bits per heavy atom. The molecular weight excluding hydrogens is 178 g/mol. The van der Waals surface area contributed by atoms with Gasteiger partial charge in [-0.25, -0.2) is 4.79 Å². The zero-order valence-electron chi connectivity index (χ0n) is 9.33. The fourth-order valence-electron chi connectivity index (χ4n) is 1.14. The molecule has 3 nitrogen and oxygen atoms in total. The number of carbonyl (C=O) groups excluding carboxylic acids is 1. The van der Waals surface area contributed by atoms with Gasteiger partial charge in [0.2, 0.25) is 0 Å². The number of nitrogens with one attached hydrogen (secondary N) is 1. The fourth-order valence-corrected chi connectivity index (χ4v) is 1.14. The second kappa shape index (κ2) is 7.18. The molecule has 0 aliphatic rings. The van der Waals surface area contributed by atoms with Crippen molar-refractivity contribution in [2.24, 2.45) is 5.92 Å². The second-order valence-electron chi connectivity index (χ2n) is 3.00. The summed E-state index contributed by atoms with van der Waals surface area (Å²) in [5.74, 6) is -0.171. The van der Waals surface area contributed by atoms with Crippen molar-refractivity contribution in [2.45, 2.75) is 20.3 Å². The Bertz CT molecular complexity index is 231. The highest BCUT2D eigenvalue weighted by atomic mass is 16.5. The molecule has 0 rings (SSSR count). The molecule has 0 aliphatic heterocycles. The molecule has 0 spiro atoms. The summed E-state index contributed by atoms with van der Waals surface area (Å²) in [5.41, 5.74) is 0.710. The van der Waals surface area contributed by atoms with Gasteiger partial charge in [0.1, 0.15) is 0 Å². The Morgan fingerprint density at radius 1 is 1.57 bits per heavy atom. The first kappa shape index (κ1) is 12.8. The van der Waals surface area contributed by atoms with Crippen LogP contribution in [0.5, 0.6) is 0 Å². The molecule has 0 radical (unpaired) electrons. The summed E-state index contributed by atoms with van der Waals surface area (Å²) in [6.45, 7) is 3.96. The first-order valence-corrected chi connectivity index (χ1v) is 4.79. The van der Waals surface area contributed by atoms with Crippen LogP contribution in [0.15, 0.2) is 23.9 Å². The van der Waals surface area contributed by atoms with Crippen molar-refractivity contribution in [3.05, 3.63) is 23.9 Å². The minimum atomic E-state index is -0.250. The predicted octanol–water partition coefficient (Wildman–Crippen LogP) is 1.86. The number of esters is 1. The highest BCUT2D eigenvalue weighted by molar-refractivity contribution is 5.89. The molecule has 0 aliphatic carbocycles. The highest BCUT2D eigenvalue weighted by Gasteiger charge is 2.14. The predicted molar refractivity (Wildman–Crippen MR) is 57.8 cm³/mol. The minimum absolute atomic E-state index is 0.0786. The van der Waals surface area contributed by atoms with E-state index in [9.17, 15) is 4.79 Å². The Hall–Kier alpha value is -1.25. The number of hydrogen-bond donors (Lipinski definition) is 1. The average molecular weight is 197 g/mol. The number of rotatable bonds is 5. The van der Waals surface area contributed by atoms with Gasteiger partial charge in [-0.15, -0.1) is 0 Å². The second-order valence-corrected chi connectivity index (χ2v) is 3.00. The van der Waals surface area contributed by atoms with Gasteiger partial charge in [0, 0.05) is 18.5 Å². The Labute approximate surface area is 85.8 Å². The van der Waals surface area contributed by atoms with E-state index >= 15 is 0 Å². The van der Waals surface area contributed by atoms with Gasteiger partial charge >= 0.3 is 5.97 Å². The van der Waals surface area contributed by atoms with Crippen LogP contribution in [0.4, 0.5) is 0 Å². The van der Waals surface area contributed by atoms with E-state index in [0.717, 1.165) is 6.42 Å². The molecule has 0 saturated heterocycles. The van der Waals surface area contributed by atoms with Gasteiger partial charge in [-0.3, -0.25) is 0 Å². The topological polar surface area (TPSA) is 38.3 Å². The third-order valence-electron chi connectivity index (χ3n) is 1.89. The van der Waals surface area contributed by atoms with E-state index in [4.69, 9.17) is 4.74 Å². The first-order valence-electron chi connectivity index (χ1n) is 4.79. The summed E-state index contributed by atoms with van der Waals surface area (Å²) in [6, 6.07) is 0. The SMILES string of the molecule is CC/C=C(/C(=O)OC)C(C)/C=C\NC. The van der Waals surface area contributed by atoms with Crippen LogP contribution in [0.1, 0.15) is 20.3 Å². The average Bonchev–Trinajstić information content (AvgIpc) is 2.21. The molecule has 1 N–H and O–H groups in total. The van der Waals surface area contributed by atoms with Crippen molar-refractivity contribution in [3.8, 4) is 0 Å². The van der Waals surface area contributed by atoms with E-state index in [2.05, 4.69) is 5.32 Å². The molecule has 0 fully saturated rings. The molecule has 0 aromatic carbocycles. The monoisotopic (exact) mass is 197 g/mol. The van der Waals surface area contributed by atoms with E-state index in [1.807, 2.05) is 39.2 Å². The van der Waals surface area contributed by atoms with Crippen LogP contribution in [0, 0.1) is 5.92 Å². The molecule has 0 bridgehead atoms. The largest absolute Gasteiger partial charge is 0.466 e. The van der Waals surface area contributed by atoms with Gasteiger partial charge in [-0.2, -0.15) is 0 Å². The molecule has 3 heteroatoms. The molecule has 0 heterocycles. The van der Waals surface area contributed by atoms with Gasteiger partial charge in [0.05, 0.1) is 7.11 Å². The van der Waals surface area contributed by atoms with Crippen molar-refractivity contribution in [1.29, 1.82) is 0 Å². The fraction of sp³-hybridized carbons (Fsp3) is 0.545. The van der Waals surface area contributed by atoms with Gasteiger partial charge in [0.15, 0.2) is 0 Å². The van der Waals surface area contributed by atoms with Crippen molar-refractivity contribution >= 4 is 5.97 Å². The molecular formula is C11H19NO2. The van der Waals surface area contributed by atoms with Crippen molar-refractivity contribution in [2.75, 3.05) is 14.2 Å². The van der Waals surface area contributed by atoms with Crippen LogP contribution >= 0.6 is 0 Å². The highest BCUT2D eigenvalue weighted by Crippen LogP contribution is 2.14. The molecule has 0 aromatic heterocycles. The molecule has 80 valence electrons. The summed E-state index contributed by atoms with van der Waals surface area (Å²) < 4.78 is 4.70. The molecule has 1 unspecified atom stereocenters.